The molecule has 0 spiro atoms. The van der Waals surface area contributed by atoms with Gasteiger partial charge in [-0.2, -0.15) is 0 Å². The van der Waals surface area contributed by atoms with Gasteiger partial charge >= 0.3 is 0 Å². The van der Waals surface area contributed by atoms with E-state index in [1.165, 1.54) is 10.4 Å². The van der Waals surface area contributed by atoms with Gasteiger partial charge in [0.05, 0.1) is 5.51 Å². The molecule has 2 heterocycles. The van der Waals surface area contributed by atoms with Crippen molar-refractivity contribution in [1.29, 1.82) is 0 Å². The second-order valence-electron chi connectivity index (χ2n) is 5.11. The lowest BCUT2D eigenvalue weighted by atomic mass is 10.0. The van der Waals surface area contributed by atoms with Crippen LogP contribution in [0.15, 0.2) is 42.0 Å². The average molecular weight is 273 g/mol. The van der Waals surface area contributed by atoms with E-state index in [0.717, 1.165) is 26.2 Å². The van der Waals surface area contributed by atoms with Gasteiger partial charge in [0.2, 0.25) is 0 Å². The minimum absolute atomic E-state index is 0.503. The maximum absolute atomic E-state index is 4.16. The van der Waals surface area contributed by atoms with Crippen LogP contribution in [0, 0.1) is 0 Å². The van der Waals surface area contributed by atoms with Crippen molar-refractivity contribution >= 4 is 11.3 Å². The van der Waals surface area contributed by atoms with Crippen LogP contribution >= 0.6 is 11.3 Å². The maximum Gasteiger partial charge on any atom is 0.0794 e. The number of likely N-dealkylation sites (N-methyl/N-ethyl adjacent to an activating group) is 1. The van der Waals surface area contributed by atoms with Gasteiger partial charge < -0.3 is 0 Å². The van der Waals surface area contributed by atoms with Crippen molar-refractivity contribution in [2.45, 2.75) is 12.6 Å². The molecule has 100 valence electrons. The molecule has 0 bridgehead atoms. The second kappa shape index (κ2) is 5.82. The third-order valence-corrected chi connectivity index (χ3v) is 4.54. The Morgan fingerprint density at radius 1 is 1.26 bits per heavy atom. The van der Waals surface area contributed by atoms with Gasteiger partial charge in [-0.3, -0.25) is 14.8 Å². The summed E-state index contributed by atoms with van der Waals surface area (Å²) < 4.78 is 0. The molecule has 2 aromatic rings. The standard InChI is InChI=1S/C15H19N3S/c1-17-7-8-18(10-14-9-16-12-19-14)11-15(17)13-5-3-2-4-6-13/h2-6,9,12,15H,7-8,10-11H2,1H3. The quantitative estimate of drug-likeness (QED) is 0.857. The fourth-order valence-electron chi connectivity index (χ4n) is 2.65. The molecule has 19 heavy (non-hydrogen) atoms. The molecule has 0 aliphatic carbocycles. The third kappa shape index (κ3) is 3.03. The number of aromatic nitrogens is 1. The molecule has 0 radical (unpaired) electrons. The SMILES string of the molecule is CN1CCN(Cc2cncs2)CC1c1ccccc1. The molecule has 0 amide bonds. The van der Waals surface area contributed by atoms with Crippen LogP contribution in [0.4, 0.5) is 0 Å². The first-order valence-electron chi connectivity index (χ1n) is 6.68. The highest BCUT2D eigenvalue weighted by molar-refractivity contribution is 7.09. The first-order valence-corrected chi connectivity index (χ1v) is 7.56. The van der Waals surface area contributed by atoms with E-state index in [9.17, 15) is 0 Å². The van der Waals surface area contributed by atoms with Crippen LogP contribution in [-0.4, -0.2) is 41.5 Å². The molecule has 1 unspecified atom stereocenters. The highest BCUT2D eigenvalue weighted by atomic mass is 32.1. The topological polar surface area (TPSA) is 19.4 Å². The highest BCUT2D eigenvalue weighted by Gasteiger charge is 2.25. The minimum Gasteiger partial charge on any atom is -0.297 e. The van der Waals surface area contributed by atoms with Crippen molar-refractivity contribution in [2.24, 2.45) is 0 Å². The first kappa shape index (κ1) is 12.8. The lowest BCUT2D eigenvalue weighted by molar-refractivity contribution is 0.0912. The van der Waals surface area contributed by atoms with E-state index in [4.69, 9.17) is 0 Å². The minimum atomic E-state index is 0.503. The summed E-state index contributed by atoms with van der Waals surface area (Å²) in [6.45, 7) is 4.39. The largest absolute Gasteiger partial charge is 0.297 e. The average Bonchev–Trinajstić information content (AvgIpc) is 2.95. The van der Waals surface area contributed by atoms with Crippen molar-refractivity contribution in [1.82, 2.24) is 14.8 Å². The Bertz CT molecular complexity index is 497. The lowest BCUT2D eigenvalue weighted by Crippen LogP contribution is -2.46. The van der Waals surface area contributed by atoms with E-state index in [1.807, 2.05) is 11.7 Å². The van der Waals surface area contributed by atoms with Gasteiger partial charge in [0.1, 0.15) is 0 Å². The van der Waals surface area contributed by atoms with Gasteiger partial charge in [-0.1, -0.05) is 30.3 Å². The summed E-state index contributed by atoms with van der Waals surface area (Å²) in [6, 6.07) is 11.3. The smallest absolute Gasteiger partial charge is 0.0794 e. The molecule has 1 saturated heterocycles. The van der Waals surface area contributed by atoms with Gasteiger partial charge in [-0.15, -0.1) is 11.3 Å². The van der Waals surface area contributed by atoms with Gasteiger partial charge in [-0.25, -0.2) is 0 Å². The highest BCUT2D eigenvalue weighted by Crippen LogP contribution is 2.25. The Balaban J connectivity index is 1.70. The predicted octanol–water partition coefficient (Wildman–Crippen LogP) is 2.63. The van der Waals surface area contributed by atoms with E-state index in [-0.39, 0.29) is 0 Å². The van der Waals surface area contributed by atoms with Crippen LogP contribution in [0.3, 0.4) is 0 Å². The molecule has 1 aliphatic rings. The first-order chi connectivity index (χ1) is 9.33. The number of thiazole rings is 1. The van der Waals surface area contributed by atoms with Crippen molar-refractivity contribution < 1.29 is 0 Å². The van der Waals surface area contributed by atoms with Crippen molar-refractivity contribution in [3.63, 3.8) is 0 Å². The fraction of sp³-hybridized carbons (Fsp3) is 0.400. The van der Waals surface area contributed by atoms with Gasteiger partial charge in [-0.05, 0) is 12.6 Å². The van der Waals surface area contributed by atoms with Crippen LogP contribution in [0.1, 0.15) is 16.5 Å². The number of benzene rings is 1. The van der Waals surface area contributed by atoms with Crippen LogP contribution in [0.25, 0.3) is 0 Å². The van der Waals surface area contributed by atoms with Gasteiger partial charge in [0.25, 0.3) is 0 Å². The maximum atomic E-state index is 4.16. The summed E-state index contributed by atoms with van der Waals surface area (Å²) in [4.78, 5) is 10.5. The zero-order valence-corrected chi connectivity index (χ0v) is 12.0. The van der Waals surface area contributed by atoms with Crippen LogP contribution in [0.2, 0.25) is 0 Å². The Kier molecular flexibility index (Phi) is 3.92. The fourth-order valence-corrected chi connectivity index (χ4v) is 3.29. The molecular weight excluding hydrogens is 254 g/mol. The molecule has 1 fully saturated rings. The van der Waals surface area contributed by atoms with E-state index in [0.29, 0.717) is 6.04 Å². The summed E-state index contributed by atoms with van der Waals surface area (Å²) in [7, 11) is 2.22. The molecule has 1 aromatic carbocycles. The van der Waals surface area contributed by atoms with E-state index < -0.39 is 0 Å². The molecule has 1 aliphatic heterocycles. The lowest BCUT2D eigenvalue weighted by Gasteiger charge is -2.39. The number of hydrogen-bond donors (Lipinski definition) is 0. The van der Waals surface area contributed by atoms with E-state index in [1.54, 1.807) is 11.3 Å². The summed E-state index contributed by atoms with van der Waals surface area (Å²) in [5, 5.41) is 0. The summed E-state index contributed by atoms with van der Waals surface area (Å²) in [5.41, 5.74) is 3.33. The van der Waals surface area contributed by atoms with E-state index >= 15 is 0 Å². The normalized spacial score (nSPS) is 21.6. The van der Waals surface area contributed by atoms with Crippen molar-refractivity contribution in [3.8, 4) is 0 Å². The zero-order chi connectivity index (χ0) is 13.1. The summed E-state index contributed by atoms with van der Waals surface area (Å²) in [6.07, 6.45) is 1.99. The van der Waals surface area contributed by atoms with Gasteiger partial charge in [0.15, 0.2) is 0 Å². The van der Waals surface area contributed by atoms with Crippen LogP contribution in [-0.2, 0) is 6.54 Å². The van der Waals surface area contributed by atoms with Crippen LogP contribution in [0.5, 0.6) is 0 Å². The monoisotopic (exact) mass is 273 g/mol. The number of rotatable bonds is 3. The van der Waals surface area contributed by atoms with Crippen LogP contribution < -0.4 is 0 Å². The number of nitrogens with zero attached hydrogens (tertiary/aromatic N) is 3. The molecule has 1 aromatic heterocycles. The molecule has 3 nitrogen and oxygen atoms in total. The van der Waals surface area contributed by atoms with Gasteiger partial charge in [0, 0.05) is 43.3 Å². The number of piperazine rings is 1. The van der Waals surface area contributed by atoms with Crippen molar-refractivity contribution in [3.05, 3.63) is 52.5 Å². The Labute approximate surface area is 118 Å². The summed E-state index contributed by atoms with van der Waals surface area (Å²) in [5.74, 6) is 0. The van der Waals surface area contributed by atoms with Crippen molar-refractivity contribution in [2.75, 3.05) is 26.7 Å². The zero-order valence-electron chi connectivity index (χ0n) is 11.2. The summed E-state index contributed by atoms with van der Waals surface area (Å²) >= 11 is 1.75. The molecule has 4 heteroatoms. The number of hydrogen-bond acceptors (Lipinski definition) is 4. The predicted molar refractivity (Wildman–Crippen MR) is 79.2 cm³/mol. The molecular formula is C15H19N3S. The molecule has 0 saturated carbocycles. The second-order valence-corrected chi connectivity index (χ2v) is 6.08. The van der Waals surface area contributed by atoms with E-state index in [2.05, 4.69) is 52.2 Å². The molecule has 1 atom stereocenters. The molecule has 3 rings (SSSR count). The Hall–Kier alpha value is -1.23. The Morgan fingerprint density at radius 2 is 2.11 bits per heavy atom. The molecule has 0 N–H and O–H groups in total. The Morgan fingerprint density at radius 3 is 2.84 bits per heavy atom. The third-order valence-electron chi connectivity index (χ3n) is 3.78.